The van der Waals surface area contributed by atoms with Crippen LogP contribution in [0.3, 0.4) is 0 Å². The fourth-order valence-electron chi connectivity index (χ4n) is 3.11. The molecule has 1 aliphatic rings. The van der Waals surface area contributed by atoms with Crippen molar-refractivity contribution in [2.75, 3.05) is 6.61 Å². The maximum absolute atomic E-state index is 12.1. The number of ether oxygens (including phenoxy) is 1. The Labute approximate surface area is 161 Å². The van der Waals surface area contributed by atoms with E-state index >= 15 is 0 Å². The minimum Gasteiger partial charge on any atom is -0.451 e. The molecule has 138 valence electrons. The van der Waals surface area contributed by atoms with Crippen molar-refractivity contribution in [1.82, 2.24) is 10.3 Å². The van der Waals surface area contributed by atoms with Crippen molar-refractivity contribution in [2.24, 2.45) is 5.92 Å². The van der Waals surface area contributed by atoms with Crippen molar-refractivity contribution >= 4 is 34.8 Å². The van der Waals surface area contributed by atoms with Gasteiger partial charge in [-0.1, -0.05) is 43.5 Å². The maximum Gasteiger partial charge on any atom is 0.358 e. The predicted octanol–water partition coefficient (Wildman–Crippen LogP) is 4.32. The molecule has 1 amide bonds. The number of aromatic nitrogens is 1. The molecule has 0 bridgehead atoms. The zero-order valence-corrected chi connectivity index (χ0v) is 16.1. The van der Waals surface area contributed by atoms with Crippen LogP contribution in [0.5, 0.6) is 0 Å². The summed E-state index contributed by atoms with van der Waals surface area (Å²) in [6, 6.07) is 7.43. The zero-order valence-electron chi connectivity index (χ0n) is 14.5. The van der Waals surface area contributed by atoms with Crippen LogP contribution >= 0.6 is 22.9 Å². The molecule has 5 nitrogen and oxygen atoms in total. The highest BCUT2D eigenvalue weighted by molar-refractivity contribution is 7.13. The maximum atomic E-state index is 12.1. The minimum atomic E-state index is -0.596. The molecule has 3 rings (SSSR count). The SMILES string of the molecule is C[C@H]1CCCC[C@H]1NC(=O)COC(=O)c1csc(-c2cccc(Cl)c2)n1. The van der Waals surface area contributed by atoms with E-state index in [1.807, 2.05) is 12.1 Å². The summed E-state index contributed by atoms with van der Waals surface area (Å²) < 4.78 is 5.11. The second kappa shape index (κ2) is 8.64. The molecule has 1 heterocycles. The van der Waals surface area contributed by atoms with Crippen LogP contribution in [0.1, 0.15) is 43.1 Å². The number of esters is 1. The Bertz CT molecular complexity index is 793. The molecular weight excluding hydrogens is 372 g/mol. The van der Waals surface area contributed by atoms with Crippen molar-refractivity contribution in [3.8, 4) is 10.6 Å². The molecule has 0 spiro atoms. The van der Waals surface area contributed by atoms with Crippen molar-refractivity contribution in [3.63, 3.8) is 0 Å². The highest BCUT2D eigenvalue weighted by atomic mass is 35.5. The number of rotatable bonds is 5. The number of halogens is 1. The number of thiazole rings is 1. The Hall–Kier alpha value is -1.92. The van der Waals surface area contributed by atoms with E-state index < -0.39 is 5.97 Å². The molecule has 1 saturated carbocycles. The summed E-state index contributed by atoms with van der Waals surface area (Å²) >= 11 is 7.31. The number of carbonyl (C=O) groups is 2. The van der Waals surface area contributed by atoms with Crippen LogP contribution in [-0.4, -0.2) is 29.5 Å². The lowest BCUT2D eigenvalue weighted by Crippen LogP contribution is -2.42. The minimum absolute atomic E-state index is 0.170. The average Bonchev–Trinajstić information content (AvgIpc) is 3.12. The second-order valence-corrected chi connectivity index (χ2v) is 7.85. The monoisotopic (exact) mass is 392 g/mol. The number of hydrogen-bond donors (Lipinski definition) is 1. The van der Waals surface area contributed by atoms with Gasteiger partial charge in [0.2, 0.25) is 0 Å². The highest BCUT2D eigenvalue weighted by Gasteiger charge is 2.23. The van der Waals surface area contributed by atoms with Gasteiger partial charge >= 0.3 is 5.97 Å². The molecule has 0 unspecified atom stereocenters. The first-order chi connectivity index (χ1) is 12.5. The zero-order chi connectivity index (χ0) is 18.5. The van der Waals surface area contributed by atoms with E-state index in [9.17, 15) is 9.59 Å². The van der Waals surface area contributed by atoms with Gasteiger partial charge in [-0.15, -0.1) is 11.3 Å². The molecule has 26 heavy (non-hydrogen) atoms. The first-order valence-electron chi connectivity index (χ1n) is 8.71. The second-order valence-electron chi connectivity index (χ2n) is 6.56. The third-order valence-corrected chi connectivity index (χ3v) is 5.70. The van der Waals surface area contributed by atoms with Gasteiger partial charge in [0, 0.05) is 22.0 Å². The molecule has 0 saturated heterocycles. The van der Waals surface area contributed by atoms with E-state index in [2.05, 4.69) is 17.2 Å². The first kappa shape index (κ1) is 18.9. The predicted molar refractivity (Wildman–Crippen MR) is 102 cm³/mol. The molecular formula is C19H21ClN2O3S. The first-order valence-corrected chi connectivity index (χ1v) is 9.96. The van der Waals surface area contributed by atoms with Gasteiger partial charge < -0.3 is 10.1 Å². The van der Waals surface area contributed by atoms with E-state index in [1.54, 1.807) is 17.5 Å². The summed E-state index contributed by atoms with van der Waals surface area (Å²) in [5.74, 6) is -0.397. The summed E-state index contributed by atoms with van der Waals surface area (Å²) in [5.41, 5.74) is 1.04. The lowest BCUT2D eigenvalue weighted by Gasteiger charge is -2.29. The number of hydrogen-bond acceptors (Lipinski definition) is 5. The average molecular weight is 393 g/mol. The van der Waals surface area contributed by atoms with E-state index in [1.165, 1.54) is 17.8 Å². The molecule has 7 heteroatoms. The van der Waals surface area contributed by atoms with Crippen LogP contribution < -0.4 is 5.32 Å². The topological polar surface area (TPSA) is 68.3 Å². The third kappa shape index (κ3) is 4.83. The van der Waals surface area contributed by atoms with Crippen molar-refractivity contribution in [2.45, 2.75) is 38.6 Å². The normalized spacial score (nSPS) is 19.8. The fourth-order valence-corrected chi connectivity index (χ4v) is 4.08. The van der Waals surface area contributed by atoms with Crippen LogP contribution in [0, 0.1) is 5.92 Å². The van der Waals surface area contributed by atoms with Gasteiger partial charge in [-0.25, -0.2) is 9.78 Å². The standard InChI is InChI=1S/C19H21ClN2O3S/c1-12-5-2-3-8-15(12)21-17(23)10-25-19(24)16-11-26-18(22-16)13-6-4-7-14(20)9-13/h4,6-7,9,11-12,15H,2-3,5,8,10H2,1H3,(H,21,23)/t12-,15+/m0/s1. The lowest BCUT2D eigenvalue weighted by atomic mass is 9.86. The fraction of sp³-hybridized carbons (Fsp3) is 0.421. The van der Waals surface area contributed by atoms with Crippen LogP contribution in [0.15, 0.2) is 29.6 Å². The van der Waals surface area contributed by atoms with Crippen LogP contribution in [0.25, 0.3) is 10.6 Å². The van der Waals surface area contributed by atoms with Gasteiger partial charge in [-0.2, -0.15) is 0 Å². The Morgan fingerprint density at radius 3 is 2.92 bits per heavy atom. The number of nitrogens with one attached hydrogen (secondary N) is 1. The van der Waals surface area contributed by atoms with E-state index in [4.69, 9.17) is 16.3 Å². The Kier molecular flexibility index (Phi) is 6.27. The quantitative estimate of drug-likeness (QED) is 0.769. The molecule has 2 aromatic rings. The lowest BCUT2D eigenvalue weighted by molar-refractivity contribution is -0.125. The molecule has 1 aromatic heterocycles. The number of nitrogens with zero attached hydrogens (tertiary/aromatic N) is 1. The molecule has 0 radical (unpaired) electrons. The van der Waals surface area contributed by atoms with Crippen molar-refractivity contribution in [1.29, 1.82) is 0 Å². The molecule has 1 aliphatic carbocycles. The summed E-state index contributed by atoms with van der Waals surface area (Å²) in [5, 5.41) is 5.88. The number of benzene rings is 1. The Morgan fingerprint density at radius 2 is 2.15 bits per heavy atom. The molecule has 1 aromatic carbocycles. The Balaban J connectivity index is 1.53. The van der Waals surface area contributed by atoms with Crippen LogP contribution in [-0.2, 0) is 9.53 Å². The van der Waals surface area contributed by atoms with E-state index in [-0.39, 0.29) is 24.2 Å². The molecule has 0 aliphatic heterocycles. The molecule has 2 atom stereocenters. The van der Waals surface area contributed by atoms with Crippen molar-refractivity contribution in [3.05, 3.63) is 40.4 Å². The van der Waals surface area contributed by atoms with E-state index in [0.29, 0.717) is 15.9 Å². The van der Waals surface area contributed by atoms with Crippen LogP contribution in [0.4, 0.5) is 0 Å². The van der Waals surface area contributed by atoms with Gasteiger partial charge in [0.1, 0.15) is 5.01 Å². The van der Waals surface area contributed by atoms with Crippen molar-refractivity contribution < 1.29 is 14.3 Å². The number of amides is 1. The van der Waals surface area contributed by atoms with E-state index in [0.717, 1.165) is 24.8 Å². The molecule has 1 fully saturated rings. The largest absolute Gasteiger partial charge is 0.451 e. The smallest absolute Gasteiger partial charge is 0.358 e. The highest BCUT2D eigenvalue weighted by Crippen LogP contribution is 2.26. The third-order valence-electron chi connectivity index (χ3n) is 4.58. The van der Waals surface area contributed by atoms with Gasteiger partial charge in [-0.05, 0) is 30.9 Å². The van der Waals surface area contributed by atoms with Gasteiger partial charge in [0.25, 0.3) is 5.91 Å². The summed E-state index contributed by atoms with van der Waals surface area (Å²) in [6.07, 6.45) is 4.44. The van der Waals surface area contributed by atoms with Crippen LogP contribution in [0.2, 0.25) is 5.02 Å². The molecule has 1 N–H and O–H groups in total. The summed E-state index contributed by atoms with van der Waals surface area (Å²) in [4.78, 5) is 28.4. The summed E-state index contributed by atoms with van der Waals surface area (Å²) in [7, 11) is 0. The van der Waals surface area contributed by atoms with Gasteiger partial charge in [0.05, 0.1) is 0 Å². The van der Waals surface area contributed by atoms with Gasteiger partial charge in [-0.3, -0.25) is 4.79 Å². The Morgan fingerprint density at radius 1 is 1.35 bits per heavy atom. The van der Waals surface area contributed by atoms with Gasteiger partial charge in [0.15, 0.2) is 12.3 Å². The summed E-state index contributed by atoms with van der Waals surface area (Å²) in [6.45, 7) is 1.86. The number of carbonyl (C=O) groups excluding carboxylic acids is 2.